The molecule has 6 heteroatoms. The zero-order chi connectivity index (χ0) is 20.0. The number of rotatable bonds is 7. The van der Waals surface area contributed by atoms with Crippen molar-refractivity contribution in [2.24, 2.45) is 0 Å². The molecule has 0 aromatic heterocycles. The maximum Gasteiger partial charge on any atom is 0.357 e. The molecule has 6 nitrogen and oxygen atoms in total. The van der Waals surface area contributed by atoms with Crippen LogP contribution in [0.15, 0.2) is 47.1 Å². The van der Waals surface area contributed by atoms with E-state index in [0.717, 1.165) is 24.1 Å². The highest BCUT2D eigenvalue weighted by molar-refractivity contribution is 6.03. The van der Waals surface area contributed by atoms with E-state index < -0.39 is 11.9 Å². The van der Waals surface area contributed by atoms with E-state index in [9.17, 15) is 9.59 Å². The topological polar surface area (TPSA) is 67.9 Å². The Morgan fingerprint density at radius 2 is 1.37 bits per heavy atom. The number of nitrogens with one attached hydrogen (secondary N) is 1. The van der Waals surface area contributed by atoms with E-state index >= 15 is 0 Å². The summed E-state index contributed by atoms with van der Waals surface area (Å²) >= 11 is 0. The fraction of sp³-hybridized carbons (Fsp3) is 0.429. The molecule has 1 aromatic rings. The van der Waals surface area contributed by atoms with Gasteiger partial charge in [0, 0.05) is 17.1 Å². The van der Waals surface area contributed by atoms with Crippen molar-refractivity contribution in [3.8, 4) is 0 Å². The summed E-state index contributed by atoms with van der Waals surface area (Å²) in [6.45, 7) is 10.0. The number of para-hydroxylation sites is 1. The van der Waals surface area contributed by atoms with E-state index in [1.54, 1.807) is 18.7 Å². The van der Waals surface area contributed by atoms with Crippen LogP contribution < -0.4 is 10.2 Å². The number of ether oxygens (including phenoxy) is 2. The summed E-state index contributed by atoms with van der Waals surface area (Å²) in [5, 5.41) is 3.13. The number of benzene rings is 1. The van der Waals surface area contributed by atoms with Gasteiger partial charge in [0.25, 0.3) is 0 Å². The molecule has 0 fully saturated rings. The van der Waals surface area contributed by atoms with E-state index in [0.29, 0.717) is 36.0 Å². The van der Waals surface area contributed by atoms with Gasteiger partial charge in [-0.15, -0.1) is 0 Å². The van der Waals surface area contributed by atoms with Crippen LogP contribution in [0.3, 0.4) is 0 Å². The van der Waals surface area contributed by atoms with Crippen molar-refractivity contribution < 1.29 is 19.1 Å². The number of hydrogen-bond acceptors (Lipinski definition) is 6. The molecule has 1 aliphatic rings. The molecule has 0 amide bonds. The average molecular weight is 372 g/mol. The minimum absolute atomic E-state index is 0.298. The minimum Gasteiger partial charge on any atom is -0.461 e. The van der Waals surface area contributed by atoms with Crippen LogP contribution in [-0.2, 0) is 19.1 Å². The Morgan fingerprint density at radius 1 is 0.889 bits per heavy atom. The van der Waals surface area contributed by atoms with Crippen molar-refractivity contribution in [1.29, 1.82) is 0 Å². The Bertz CT molecular complexity index is 738. The zero-order valence-corrected chi connectivity index (χ0v) is 16.7. The average Bonchev–Trinajstić information content (AvgIpc) is 2.64. The van der Waals surface area contributed by atoms with Crippen molar-refractivity contribution in [2.75, 3.05) is 18.1 Å². The van der Waals surface area contributed by atoms with Crippen LogP contribution in [0, 0.1) is 6.92 Å². The predicted octanol–water partition coefficient (Wildman–Crippen LogP) is 3.77. The fourth-order valence-electron chi connectivity index (χ4n) is 2.92. The molecule has 146 valence electrons. The summed E-state index contributed by atoms with van der Waals surface area (Å²) in [5.41, 5.74) is 3.53. The Labute approximate surface area is 160 Å². The van der Waals surface area contributed by atoms with Crippen molar-refractivity contribution in [2.45, 2.75) is 47.5 Å². The van der Waals surface area contributed by atoms with Gasteiger partial charge in [0.1, 0.15) is 0 Å². The molecule has 0 aliphatic carbocycles. The second-order valence-corrected chi connectivity index (χ2v) is 6.47. The van der Waals surface area contributed by atoms with Crippen molar-refractivity contribution in [1.82, 2.24) is 5.32 Å². The summed E-state index contributed by atoms with van der Waals surface area (Å²) in [4.78, 5) is 27.3. The molecule has 1 N–H and O–H groups in total. The molecule has 0 saturated carbocycles. The summed E-state index contributed by atoms with van der Waals surface area (Å²) < 4.78 is 10.8. The van der Waals surface area contributed by atoms with Gasteiger partial charge in [0.15, 0.2) is 11.4 Å². The number of hydrogen-bond donors (Lipinski definition) is 1. The number of esters is 2. The monoisotopic (exact) mass is 372 g/mol. The zero-order valence-electron chi connectivity index (χ0n) is 16.7. The number of nitrogens with zero attached hydrogens (tertiary/aromatic N) is 1. The first kappa shape index (κ1) is 20.6. The quantitative estimate of drug-likeness (QED) is 0.735. The molecule has 0 bridgehead atoms. The number of aryl methyl sites for hydroxylation is 1. The minimum atomic E-state index is -0.474. The Hall–Kier alpha value is -2.76. The molecular weight excluding hydrogens is 344 g/mol. The van der Waals surface area contributed by atoms with Crippen LogP contribution in [0.4, 0.5) is 5.69 Å². The molecule has 0 atom stereocenters. The van der Waals surface area contributed by atoms with E-state index in [1.165, 1.54) is 0 Å². The molecule has 27 heavy (non-hydrogen) atoms. The Morgan fingerprint density at radius 3 is 1.81 bits per heavy atom. The predicted molar refractivity (Wildman–Crippen MR) is 105 cm³/mol. The van der Waals surface area contributed by atoms with Gasteiger partial charge >= 0.3 is 11.9 Å². The van der Waals surface area contributed by atoms with Gasteiger partial charge < -0.3 is 14.8 Å². The fourth-order valence-corrected chi connectivity index (χ4v) is 2.92. The maximum absolute atomic E-state index is 12.8. The van der Waals surface area contributed by atoms with Gasteiger partial charge in [-0.1, -0.05) is 32.0 Å². The molecule has 2 rings (SSSR count). The number of carbonyl (C=O) groups excluding carboxylic acids is 2. The van der Waals surface area contributed by atoms with Crippen LogP contribution in [0.1, 0.15) is 46.1 Å². The summed E-state index contributed by atoms with van der Waals surface area (Å²) in [6.07, 6.45) is 1.44. The normalized spacial score (nSPS) is 14.2. The molecule has 0 spiro atoms. The second kappa shape index (κ2) is 9.26. The lowest BCUT2D eigenvalue weighted by molar-refractivity contribution is -0.139. The van der Waals surface area contributed by atoms with Crippen molar-refractivity contribution in [3.05, 3.63) is 52.6 Å². The highest BCUT2D eigenvalue weighted by atomic mass is 16.5. The SMILES string of the molecule is CCCOC(=O)C1=C(C)NC(C)=C(C(=O)OCCC)N1c1ccccc1C. The molecule has 1 aliphatic heterocycles. The highest BCUT2D eigenvalue weighted by Crippen LogP contribution is 2.34. The van der Waals surface area contributed by atoms with Gasteiger partial charge in [-0.05, 0) is 45.2 Å². The van der Waals surface area contributed by atoms with Gasteiger partial charge in [-0.2, -0.15) is 0 Å². The number of allylic oxidation sites excluding steroid dienone is 2. The third-order valence-electron chi connectivity index (χ3n) is 4.15. The van der Waals surface area contributed by atoms with E-state index in [-0.39, 0.29) is 0 Å². The van der Waals surface area contributed by atoms with E-state index in [4.69, 9.17) is 9.47 Å². The lowest BCUT2D eigenvalue weighted by atomic mass is 10.1. The highest BCUT2D eigenvalue weighted by Gasteiger charge is 2.36. The number of anilines is 1. The standard InChI is InChI=1S/C21H28N2O4/c1-6-12-26-20(24)18-15(4)22-16(5)19(21(25)27-13-7-2)23(18)17-11-9-8-10-14(17)3/h8-11,22H,6-7,12-13H2,1-5H3. The van der Waals surface area contributed by atoms with Gasteiger partial charge in [-0.3, -0.25) is 4.90 Å². The molecule has 0 saturated heterocycles. The lowest BCUT2D eigenvalue weighted by Gasteiger charge is -2.35. The first-order valence-corrected chi connectivity index (χ1v) is 9.31. The van der Waals surface area contributed by atoms with Crippen LogP contribution in [0.2, 0.25) is 0 Å². The largest absolute Gasteiger partial charge is 0.461 e. The van der Waals surface area contributed by atoms with E-state index in [2.05, 4.69) is 5.32 Å². The third-order valence-corrected chi connectivity index (χ3v) is 4.15. The molecular formula is C21H28N2O4. The molecule has 0 radical (unpaired) electrons. The van der Waals surface area contributed by atoms with Gasteiger partial charge in [0.2, 0.25) is 0 Å². The Kier molecular flexibility index (Phi) is 7.05. The summed E-state index contributed by atoms with van der Waals surface area (Å²) in [6, 6.07) is 7.60. The summed E-state index contributed by atoms with van der Waals surface area (Å²) in [5.74, 6) is -0.947. The Balaban J connectivity index is 2.58. The first-order valence-electron chi connectivity index (χ1n) is 9.31. The van der Waals surface area contributed by atoms with Crippen LogP contribution >= 0.6 is 0 Å². The lowest BCUT2D eigenvalue weighted by Crippen LogP contribution is -2.41. The molecule has 1 heterocycles. The summed E-state index contributed by atoms with van der Waals surface area (Å²) in [7, 11) is 0. The van der Waals surface area contributed by atoms with Crippen LogP contribution in [0.25, 0.3) is 0 Å². The first-order chi connectivity index (χ1) is 12.9. The van der Waals surface area contributed by atoms with Crippen LogP contribution in [0.5, 0.6) is 0 Å². The van der Waals surface area contributed by atoms with Crippen molar-refractivity contribution >= 4 is 17.6 Å². The second-order valence-electron chi connectivity index (χ2n) is 6.47. The third kappa shape index (κ3) is 4.51. The molecule has 0 unspecified atom stereocenters. The maximum atomic E-state index is 12.8. The van der Waals surface area contributed by atoms with Crippen molar-refractivity contribution in [3.63, 3.8) is 0 Å². The van der Waals surface area contributed by atoms with Gasteiger partial charge in [0.05, 0.1) is 13.2 Å². The van der Waals surface area contributed by atoms with Crippen LogP contribution in [-0.4, -0.2) is 25.2 Å². The number of carbonyl (C=O) groups is 2. The van der Waals surface area contributed by atoms with E-state index in [1.807, 2.05) is 45.0 Å². The smallest absolute Gasteiger partial charge is 0.357 e. The van der Waals surface area contributed by atoms with Gasteiger partial charge in [-0.25, -0.2) is 9.59 Å². The molecule has 1 aromatic carbocycles.